The van der Waals surface area contributed by atoms with Crippen LogP contribution >= 0.6 is 0 Å². The van der Waals surface area contributed by atoms with E-state index in [1.54, 1.807) is 19.1 Å². The molecule has 7 nitrogen and oxygen atoms in total. The number of amides is 1. The Bertz CT molecular complexity index is 792. The predicted molar refractivity (Wildman–Crippen MR) is 104 cm³/mol. The fourth-order valence-corrected chi connectivity index (χ4v) is 5.05. The summed E-state index contributed by atoms with van der Waals surface area (Å²) < 4.78 is 31.9. The van der Waals surface area contributed by atoms with Gasteiger partial charge in [-0.2, -0.15) is 0 Å². The third-order valence-corrected chi connectivity index (χ3v) is 7.38. The van der Waals surface area contributed by atoms with Crippen molar-refractivity contribution in [1.29, 1.82) is 0 Å². The number of aryl methyl sites for hydroxylation is 1. The molecular weight excluding hydrogens is 366 g/mol. The molecule has 2 aliphatic rings. The van der Waals surface area contributed by atoms with E-state index in [0.29, 0.717) is 30.4 Å². The van der Waals surface area contributed by atoms with E-state index in [0.717, 1.165) is 19.4 Å². The SMILES string of the molecule is Cc1ccc(NC(=O)CN2CCOC3CCCCC32)cc1S(=O)(=O)N(C)C. The number of hydrogen-bond acceptors (Lipinski definition) is 5. The van der Waals surface area contributed by atoms with Crippen molar-refractivity contribution < 1.29 is 17.9 Å². The summed E-state index contributed by atoms with van der Waals surface area (Å²) in [6.45, 7) is 3.46. The van der Waals surface area contributed by atoms with Crippen molar-refractivity contribution in [2.45, 2.75) is 49.6 Å². The number of benzene rings is 1. The van der Waals surface area contributed by atoms with Gasteiger partial charge in [0.05, 0.1) is 24.2 Å². The predicted octanol–water partition coefficient (Wildman–Crippen LogP) is 1.83. The fourth-order valence-electron chi connectivity index (χ4n) is 3.91. The molecule has 1 aliphatic carbocycles. The van der Waals surface area contributed by atoms with Crippen LogP contribution in [0.1, 0.15) is 31.2 Å². The van der Waals surface area contributed by atoms with Crippen LogP contribution in [0.2, 0.25) is 0 Å². The van der Waals surface area contributed by atoms with E-state index >= 15 is 0 Å². The summed E-state index contributed by atoms with van der Waals surface area (Å²) in [4.78, 5) is 15.0. The zero-order valence-corrected chi connectivity index (χ0v) is 17.1. The lowest BCUT2D eigenvalue weighted by molar-refractivity contribution is -0.124. The molecule has 2 unspecified atom stereocenters. The van der Waals surface area contributed by atoms with Crippen LogP contribution in [0.5, 0.6) is 0 Å². The molecule has 0 aromatic heterocycles. The summed E-state index contributed by atoms with van der Waals surface area (Å²) in [5.41, 5.74) is 1.15. The maximum atomic E-state index is 12.6. The minimum absolute atomic E-state index is 0.127. The quantitative estimate of drug-likeness (QED) is 0.823. The van der Waals surface area contributed by atoms with Crippen molar-refractivity contribution in [3.8, 4) is 0 Å². The fraction of sp³-hybridized carbons (Fsp3) is 0.632. The minimum atomic E-state index is -3.55. The Kier molecular flexibility index (Phi) is 6.20. The van der Waals surface area contributed by atoms with Crippen LogP contribution in [0, 0.1) is 6.92 Å². The van der Waals surface area contributed by atoms with E-state index in [2.05, 4.69) is 10.2 Å². The number of carbonyl (C=O) groups is 1. The molecule has 1 amide bonds. The number of carbonyl (C=O) groups excluding carboxylic acids is 1. The first-order valence-electron chi connectivity index (χ1n) is 9.48. The van der Waals surface area contributed by atoms with Gasteiger partial charge in [0.2, 0.25) is 15.9 Å². The Morgan fingerprint density at radius 3 is 2.78 bits per heavy atom. The molecule has 3 rings (SSSR count). The molecule has 150 valence electrons. The highest BCUT2D eigenvalue weighted by Crippen LogP contribution is 2.28. The summed E-state index contributed by atoms with van der Waals surface area (Å²) in [6.07, 6.45) is 4.72. The van der Waals surface area contributed by atoms with Gasteiger partial charge in [-0.05, 0) is 37.5 Å². The Labute approximate surface area is 161 Å². The molecule has 0 bridgehead atoms. The average Bonchev–Trinajstić information content (AvgIpc) is 2.63. The number of nitrogens with one attached hydrogen (secondary N) is 1. The highest BCUT2D eigenvalue weighted by molar-refractivity contribution is 7.89. The van der Waals surface area contributed by atoms with Crippen molar-refractivity contribution in [2.24, 2.45) is 0 Å². The lowest BCUT2D eigenvalue weighted by atomic mass is 9.90. The summed E-state index contributed by atoms with van der Waals surface area (Å²) in [5, 5.41) is 2.86. The average molecular weight is 396 g/mol. The molecule has 0 radical (unpaired) electrons. The van der Waals surface area contributed by atoms with Crippen molar-refractivity contribution in [3.63, 3.8) is 0 Å². The topological polar surface area (TPSA) is 79.0 Å². The summed E-state index contributed by atoms with van der Waals surface area (Å²) >= 11 is 0. The van der Waals surface area contributed by atoms with Crippen LogP contribution in [0.15, 0.2) is 23.1 Å². The first-order valence-corrected chi connectivity index (χ1v) is 10.9. The Hall–Kier alpha value is -1.48. The van der Waals surface area contributed by atoms with Gasteiger partial charge in [-0.25, -0.2) is 12.7 Å². The van der Waals surface area contributed by atoms with Crippen LogP contribution in [-0.4, -0.2) is 69.5 Å². The van der Waals surface area contributed by atoms with Gasteiger partial charge in [0.15, 0.2) is 0 Å². The second kappa shape index (κ2) is 8.26. The molecule has 0 spiro atoms. The number of fused-ring (bicyclic) bond motifs is 1. The van der Waals surface area contributed by atoms with Crippen LogP contribution in [0.4, 0.5) is 5.69 Å². The van der Waals surface area contributed by atoms with Crippen LogP contribution < -0.4 is 5.32 Å². The number of morpholine rings is 1. The van der Waals surface area contributed by atoms with Gasteiger partial charge < -0.3 is 10.1 Å². The van der Waals surface area contributed by atoms with Crippen molar-refractivity contribution in [3.05, 3.63) is 23.8 Å². The normalized spacial score (nSPS) is 23.9. The zero-order chi connectivity index (χ0) is 19.6. The first-order chi connectivity index (χ1) is 12.8. The monoisotopic (exact) mass is 395 g/mol. The van der Waals surface area contributed by atoms with Crippen molar-refractivity contribution >= 4 is 21.6 Å². The van der Waals surface area contributed by atoms with Crippen LogP contribution in [0.3, 0.4) is 0 Å². The van der Waals surface area contributed by atoms with Gasteiger partial charge in [-0.15, -0.1) is 0 Å². The van der Waals surface area contributed by atoms with E-state index in [1.165, 1.54) is 37.3 Å². The van der Waals surface area contributed by atoms with Crippen molar-refractivity contribution in [1.82, 2.24) is 9.21 Å². The van der Waals surface area contributed by atoms with Gasteiger partial charge in [0, 0.05) is 32.4 Å². The van der Waals surface area contributed by atoms with Gasteiger partial charge in [0.1, 0.15) is 0 Å². The number of ether oxygens (including phenoxy) is 1. The lowest BCUT2D eigenvalue weighted by Gasteiger charge is -2.43. The van der Waals surface area contributed by atoms with Crippen molar-refractivity contribution in [2.75, 3.05) is 39.1 Å². The summed E-state index contributed by atoms with van der Waals surface area (Å²) in [6, 6.07) is 5.30. The molecule has 1 N–H and O–H groups in total. The molecule has 8 heteroatoms. The molecule has 1 aromatic rings. The second-order valence-electron chi connectivity index (χ2n) is 7.55. The van der Waals surface area contributed by atoms with E-state index in [-0.39, 0.29) is 16.9 Å². The largest absolute Gasteiger partial charge is 0.375 e. The highest BCUT2D eigenvalue weighted by Gasteiger charge is 2.34. The van der Waals surface area contributed by atoms with Crippen LogP contribution in [0.25, 0.3) is 0 Å². The molecule has 1 heterocycles. The van der Waals surface area contributed by atoms with E-state index in [4.69, 9.17) is 4.74 Å². The summed E-state index contributed by atoms with van der Waals surface area (Å²) in [7, 11) is -0.556. The van der Waals surface area contributed by atoms with Gasteiger partial charge in [0.25, 0.3) is 0 Å². The first kappa shape index (κ1) is 20.3. The highest BCUT2D eigenvalue weighted by atomic mass is 32.2. The summed E-state index contributed by atoms with van der Waals surface area (Å²) in [5.74, 6) is -0.127. The molecule has 1 saturated heterocycles. The molecule has 1 aromatic carbocycles. The molecule has 1 aliphatic heterocycles. The number of sulfonamides is 1. The number of anilines is 1. The van der Waals surface area contributed by atoms with Gasteiger partial charge in [-0.1, -0.05) is 18.9 Å². The molecule has 27 heavy (non-hydrogen) atoms. The number of nitrogens with zero attached hydrogens (tertiary/aromatic N) is 2. The maximum absolute atomic E-state index is 12.6. The Balaban J connectivity index is 1.69. The van der Waals surface area contributed by atoms with E-state index in [9.17, 15) is 13.2 Å². The minimum Gasteiger partial charge on any atom is -0.375 e. The third kappa shape index (κ3) is 4.51. The smallest absolute Gasteiger partial charge is 0.242 e. The van der Waals surface area contributed by atoms with E-state index in [1.807, 2.05) is 0 Å². The van der Waals surface area contributed by atoms with Gasteiger partial charge >= 0.3 is 0 Å². The Morgan fingerprint density at radius 2 is 2.04 bits per heavy atom. The van der Waals surface area contributed by atoms with Gasteiger partial charge in [-0.3, -0.25) is 9.69 Å². The number of hydrogen-bond donors (Lipinski definition) is 1. The van der Waals surface area contributed by atoms with Crippen LogP contribution in [-0.2, 0) is 19.6 Å². The Morgan fingerprint density at radius 1 is 1.30 bits per heavy atom. The molecule has 2 atom stereocenters. The standard InChI is InChI=1S/C19H29N3O4S/c1-14-8-9-15(12-18(14)27(24,25)21(2)3)20-19(23)13-22-10-11-26-17-7-5-4-6-16(17)22/h8-9,12,16-17H,4-7,10-11,13H2,1-3H3,(H,20,23). The third-order valence-electron chi connectivity index (χ3n) is 5.42. The molecule has 2 fully saturated rings. The zero-order valence-electron chi connectivity index (χ0n) is 16.3. The maximum Gasteiger partial charge on any atom is 0.242 e. The molecule has 1 saturated carbocycles. The van der Waals surface area contributed by atoms with E-state index < -0.39 is 10.0 Å². The lowest BCUT2D eigenvalue weighted by Crippen LogP contribution is -2.54. The molecular formula is C19H29N3O4S. The second-order valence-corrected chi connectivity index (χ2v) is 9.67. The number of rotatable bonds is 5.